The van der Waals surface area contributed by atoms with Gasteiger partial charge in [-0.05, 0) is 76.9 Å². The molecule has 210 valence electrons. The van der Waals surface area contributed by atoms with Gasteiger partial charge in [-0.3, -0.25) is 0 Å². The lowest BCUT2D eigenvalue weighted by atomic mass is 9.99. The first-order valence-electron chi connectivity index (χ1n) is 15.3. The van der Waals surface area contributed by atoms with Crippen molar-refractivity contribution in [2.24, 2.45) is 0 Å². The minimum absolute atomic E-state index is 0.913. The van der Waals surface area contributed by atoms with Crippen LogP contribution in [0.1, 0.15) is 0 Å². The number of aromatic nitrogens is 1. The first kappa shape index (κ1) is 24.8. The summed E-state index contributed by atoms with van der Waals surface area (Å²) in [6.07, 6.45) is 0. The van der Waals surface area contributed by atoms with Crippen LogP contribution in [0.5, 0.6) is 0 Å². The monoisotopic (exact) mass is 591 g/mol. The Labute approximate surface area is 263 Å². The van der Waals surface area contributed by atoms with Gasteiger partial charge in [0.05, 0.1) is 16.4 Å². The number of nitrogens with zero attached hydrogens (tertiary/aromatic N) is 1. The van der Waals surface area contributed by atoms with Crippen LogP contribution in [-0.4, -0.2) is 4.57 Å². The second-order valence-corrected chi connectivity index (χ2v) is 12.8. The largest absolute Gasteiger partial charge is 0.456 e. The molecule has 0 saturated heterocycles. The summed E-state index contributed by atoms with van der Waals surface area (Å²) in [6.45, 7) is 0. The molecule has 10 aromatic rings. The fourth-order valence-electron chi connectivity index (χ4n) is 7.10. The van der Waals surface area contributed by atoms with Gasteiger partial charge in [-0.25, -0.2) is 0 Å². The predicted molar refractivity (Wildman–Crippen MR) is 192 cm³/mol. The van der Waals surface area contributed by atoms with E-state index in [1.807, 2.05) is 17.4 Å². The average molecular weight is 592 g/mol. The number of hydrogen-bond acceptors (Lipinski definition) is 2. The van der Waals surface area contributed by atoms with Crippen LogP contribution in [0.2, 0.25) is 0 Å². The third kappa shape index (κ3) is 3.68. The van der Waals surface area contributed by atoms with Crippen LogP contribution in [0.3, 0.4) is 0 Å². The quantitative estimate of drug-likeness (QED) is 0.200. The summed E-state index contributed by atoms with van der Waals surface area (Å²) in [5.74, 6) is 0. The molecule has 2 nitrogen and oxygen atoms in total. The molecule has 0 atom stereocenters. The van der Waals surface area contributed by atoms with E-state index >= 15 is 0 Å². The van der Waals surface area contributed by atoms with E-state index in [2.05, 4.69) is 150 Å². The van der Waals surface area contributed by atoms with Crippen LogP contribution in [0.15, 0.2) is 156 Å². The number of hydrogen-bond donors (Lipinski definition) is 0. The zero-order chi connectivity index (χ0) is 29.5. The molecular formula is C42H25NOS. The Balaban J connectivity index is 1.07. The van der Waals surface area contributed by atoms with Gasteiger partial charge in [0.2, 0.25) is 0 Å². The van der Waals surface area contributed by atoms with Crippen molar-refractivity contribution >= 4 is 75.3 Å². The van der Waals surface area contributed by atoms with Gasteiger partial charge in [-0.1, -0.05) is 97.1 Å². The number of benzene rings is 7. The Morgan fingerprint density at radius 3 is 1.87 bits per heavy atom. The summed E-state index contributed by atoms with van der Waals surface area (Å²) in [4.78, 5) is 0. The van der Waals surface area contributed by atoms with Gasteiger partial charge in [-0.2, -0.15) is 0 Å². The fourth-order valence-corrected chi connectivity index (χ4v) is 8.18. The van der Waals surface area contributed by atoms with Gasteiger partial charge in [0.25, 0.3) is 0 Å². The minimum atomic E-state index is 0.913. The third-order valence-electron chi connectivity index (χ3n) is 9.23. The average Bonchev–Trinajstić information content (AvgIpc) is 3.77. The summed E-state index contributed by atoms with van der Waals surface area (Å²) in [6, 6.07) is 54.8. The molecule has 0 aliphatic heterocycles. The molecule has 0 bridgehead atoms. The van der Waals surface area contributed by atoms with Gasteiger partial charge in [0.15, 0.2) is 0 Å². The standard InChI is InChI=1S/C42H25NOS/c1-4-10-36-31(7-1)33-22-23-38-41(34-9-2-5-11-37(34)44-38)42(33)43(36)30-20-17-27(18-21-30)26-13-15-28(16-14-26)29-19-24-40-35(25-29)32-8-3-6-12-39(32)45-40/h1-25H. The lowest BCUT2D eigenvalue weighted by Gasteiger charge is -2.11. The topological polar surface area (TPSA) is 18.1 Å². The molecule has 0 fully saturated rings. The van der Waals surface area contributed by atoms with E-state index in [0.29, 0.717) is 0 Å². The van der Waals surface area contributed by atoms with Gasteiger partial charge in [-0.15, -0.1) is 11.3 Å². The summed E-state index contributed by atoms with van der Waals surface area (Å²) < 4.78 is 11.4. The van der Waals surface area contributed by atoms with Crippen molar-refractivity contribution in [1.82, 2.24) is 4.57 Å². The van der Waals surface area contributed by atoms with E-state index in [1.165, 1.54) is 64.2 Å². The smallest absolute Gasteiger partial charge is 0.137 e. The Bertz CT molecular complexity index is 2740. The number of thiophene rings is 1. The second kappa shape index (κ2) is 9.43. The molecule has 0 radical (unpaired) electrons. The third-order valence-corrected chi connectivity index (χ3v) is 10.4. The molecule has 45 heavy (non-hydrogen) atoms. The van der Waals surface area contributed by atoms with E-state index in [1.54, 1.807) is 0 Å². The van der Waals surface area contributed by atoms with E-state index < -0.39 is 0 Å². The maximum absolute atomic E-state index is 6.29. The summed E-state index contributed by atoms with van der Waals surface area (Å²) in [5, 5.41) is 7.45. The molecule has 0 aliphatic carbocycles. The molecule has 0 N–H and O–H groups in total. The van der Waals surface area contributed by atoms with Crippen molar-refractivity contribution < 1.29 is 4.42 Å². The van der Waals surface area contributed by atoms with Crippen molar-refractivity contribution in [1.29, 1.82) is 0 Å². The second-order valence-electron chi connectivity index (χ2n) is 11.7. The normalized spacial score (nSPS) is 12.0. The van der Waals surface area contributed by atoms with E-state index in [4.69, 9.17) is 4.42 Å². The van der Waals surface area contributed by atoms with E-state index in [-0.39, 0.29) is 0 Å². The van der Waals surface area contributed by atoms with Gasteiger partial charge >= 0.3 is 0 Å². The van der Waals surface area contributed by atoms with Crippen LogP contribution in [-0.2, 0) is 0 Å². The molecule has 3 heteroatoms. The highest BCUT2D eigenvalue weighted by Gasteiger charge is 2.18. The summed E-state index contributed by atoms with van der Waals surface area (Å²) >= 11 is 1.86. The Morgan fingerprint density at radius 2 is 1.04 bits per heavy atom. The zero-order valence-corrected chi connectivity index (χ0v) is 25.0. The molecule has 0 amide bonds. The summed E-state index contributed by atoms with van der Waals surface area (Å²) in [5.41, 5.74) is 10.2. The number of rotatable bonds is 3. The predicted octanol–water partition coefficient (Wildman–Crippen LogP) is 12.4. The van der Waals surface area contributed by atoms with Crippen LogP contribution >= 0.6 is 11.3 Å². The highest BCUT2D eigenvalue weighted by atomic mass is 32.1. The highest BCUT2D eigenvalue weighted by molar-refractivity contribution is 7.25. The van der Waals surface area contributed by atoms with Crippen LogP contribution in [0, 0.1) is 0 Å². The van der Waals surface area contributed by atoms with Crippen molar-refractivity contribution in [2.75, 3.05) is 0 Å². The van der Waals surface area contributed by atoms with Crippen LogP contribution in [0.4, 0.5) is 0 Å². The van der Waals surface area contributed by atoms with Crippen molar-refractivity contribution in [3.63, 3.8) is 0 Å². The molecule has 0 aliphatic rings. The van der Waals surface area contributed by atoms with Crippen molar-refractivity contribution in [3.8, 4) is 27.9 Å². The SMILES string of the molecule is c1ccc2c(c1)oc1ccc3c4ccccc4n(-c4ccc(-c5ccc(-c6ccc7sc8ccccc8c7c6)cc5)cc4)c3c12. The Morgan fingerprint density at radius 1 is 0.422 bits per heavy atom. The van der Waals surface area contributed by atoms with E-state index in [0.717, 1.165) is 27.6 Å². The van der Waals surface area contributed by atoms with Gasteiger partial charge in [0, 0.05) is 42.0 Å². The molecular weight excluding hydrogens is 567 g/mol. The molecule has 0 spiro atoms. The minimum Gasteiger partial charge on any atom is -0.456 e. The molecule has 3 heterocycles. The van der Waals surface area contributed by atoms with Crippen LogP contribution < -0.4 is 0 Å². The number of fused-ring (bicyclic) bond motifs is 10. The molecule has 3 aromatic heterocycles. The maximum atomic E-state index is 6.29. The van der Waals surface area contributed by atoms with Crippen LogP contribution in [0.25, 0.3) is 91.9 Å². The molecule has 0 saturated carbocycles. The van der Waals surface area contributed by atoms with Gasteiger partial charge < -0.3 is 8.98 Å². The first-order chi connectivity index (χ1) is 22.3. The highest BCUT2D eigenvalue weighted by Crippen LogP contribution is 2.41. The summed E-state index contributed by atoms with van der Waals surface area (Å²) in [7, 11) is 0. The Kier molecular flexibility index (Phi) is 5.19. The fraction of sp³-hybridized carbons (Fsp3) is 0. The first-order valence-corrected chi connectivity index (χ1v) is 16.1. The lowest BCUT2D eigenvalue weighted by Crippen LogP contribution is -1.94. The van der Waals surface area contributed by atoms with Crippen molar-refractivity contribution in [2.45, 2.75) is 0 Å². The van der Waals surface area contributed by atoms with Gasteiger partial charge in [0.1, 0.15) is 11.2 Å². The number of furan rings is 1. The molecule has 0 unspecified atom stereocenters. The number of para-hydroxylation sites is 2. The maximum Gasteiger partial charge on any atom is 0.137 e. The lowest BCUT2D eigenvalue weighted by molar-refractivity contribution is 0.669. The Hall–Kier alpha value is -5.64. The zero-order valence-electron chi connectivity index (χ0n) is 24.2. The van der Waals surface area contributed by atoms with Crippen molar-refractivity contribution in [3.05, 3.63) is 152 Å². The molecule has 10 rings (SSSR count). The molecule has 7 aromatic carbocycles. The van der Waals surface area contributed by atoms with E-state index in [9.17, 15) is 0 Å².